The number of hydrogen-bond donors (Lipinski definition) is 2. The van der Waals surface area contributed by atoms with Crippen LogP contribution in [0.4, 0.5) is 5.69 Å². The topological polar surface area (TPSA) is 118 Å². The Kier molecular flexibility index (Phi) is 6.16. The minimum absolute atomic E-state index is 0.0300. The van der Waals surface area contributed by atoms with E-state index in [0.29, 0.717) is 18.7 Å². The Balaban J connectivity index is 1.26. The molecule has 1 unspecified atom stereocenters. The molecule has 6 rings (SSSR count). The van der Waals surface area contributed by atoms with E-state index in [2.05, 4.69) is 26.9 Å². The van der Waals surface area contributed by atoms with Gasteiger partial charge in [0.15, 0.2) is 0 Å². The van der Waals surface area contributed by atoms with E-state index >= 15 is 0 Å². The highest BCUT2D eigenvalue weighted by atomic mass is 32.2. The molecular weight excluding hydrogens is 514 g/mol. The molecule has 3 aromatic carbocycles. The maximum atomic E-state index is 13.5. The van der Waals surface area contributed by atoms with Crippen molar-refractivity contribution in [2.45, 2.75) is 37.0 Å². The summed E-state index contributed by atoms with van der Waals surface area (Å²) in [6, 6.07) is 22.0. The van der Waals surface area contributed by atoms with Crippen LogP contribution < -0.4 is 15.4 Å². The van der Waals surface area contributed by atoms with Gasteiger partial charge in [-0.3, -0.25) is 9.59 Å². The molecule has 0 aliphatic carbocycles. The Bertz CT molecular complexity index is 1710. The standard InChI is InChI=1S/C29H29N5O4S/c1-32-24-8-4-3-7-23(24)29(36)34-16-14-22-21-6-2-5-9-25(21)33(27(22)28(32)34)17-15-26(35)31-18-19-10-12-20(13-11-19)39(30,37)38/h2-13,28H,14-18H2,1H3,(H,31,35)(H2,30,37,38). The van der Waals surface area contributed by atoms with Crippen LogP contribution in [0, 0.1) is 0 Å². The minimum atomic E-state index is -3.76. The van der Waals surface area contributed by atoms with Crippen LogP contribution in [0.5, 0.6) is 0 Å². The number of nitrogens with one attached hydrogen (secondary N) is 1. The van der Waals surface area contributed by atoms with E-state index in [9.17, 15) is 18.0 Å². The first-order chi connectivity index (χ1) is 18.7. The van der Waals surface area contributed by atoms with Crippen molar-refractivity contribution < 1.29 is 18.0 Å². The summed E-state index contributed by atoms with van der Waals surface area (Å²) in [5, 5.41) is 9.24. The van der Waals surface area contributed by atoms with Crippen LogP contribution in [0.15, 0.2) is 77.7 Å². The van der Waals surface area contributed by atoms with Crippen molar-refractivity contribution in [1.82, 2.24) is 14.8 Å². The van der Waals surface area contributed by atoms with E-state index in [1.165, 1.54) is 17.7 Å². The van der Waals surface area contributed by atoms with Crippen molar-refractivity contribution >= 4 is 38.4 Å². The van der Waals surface area contributed by atoms with Gasteiger partial charge in [0.2, 0.25) is 15.9 Å². The van der Waals surface area contributed by atoms with Gasteiger partial charge in [0, 0.05) is 44.0 Å². The number of aryl methyl sites for hydroxylation is 1. The predicted molar refractivity (Wildman–Crippen MR) is 149 cm³/mol. The number of para-hydroxylation sites is 2. The van der Waals surface area contributed by atoms with Gasteiger partial charge in [-0.2, -0.15) is 0 Å². The molecule has 0 saturated carbocycles. The van der Waals surface area contributed by atoms with Crippen molar-refractivity contribution in [3.8, 4) is 0 Å². The maximum Gasteiger partial charge on any atom is 0.257 e. The molecule has 39 heavy (non-hydrogen) atoms. The maximum absolute atomic E-state index is 13.5. The van der Waals surface area contributed by atoms with Crippen LogP contribution in [0.2, 0.25) is 0 Å². The number of carbonyl (C=O) groups excluding carboxylic acids is 2. The molecule has 2 aliphatic rings. The van der Waals surface area contributed by atoms with E-state index in [-0.39, 0.29) is 35.8 Å². The highest BCUT2D eigenvalue weighted by Crippen LogP contribution is 2.44. The third kappa shape index (κ3) is 4.35. The zero-order valence-electron chi connectivity index (χ0n) is 21.5. The van der Waals surface area contributed by atoms with Gasteiger partial charge < -0.3 is 19.7 Å². The van der Waals surface area contributed by atoms with Crippen LogP contribution in [-0.4, -0.2) is 43.3 Å². The number of rotatable bonds is 6. The summed E-state index contributed by atoms with van der Waals surface area (Å²) in [7, 11) is -1.74. The first-order valence-corrected chi connectivity index (χ1v) is 14.4. The third-order valence-corrected chi connectivity index (χ3v) is 8.64. The first-order valence-electron chi connectivity index (χ1n) is 12.9. The molecule has 3 N–H and O–H groups in total. The lowest BCUT2D eigenvalue weighted by Gasteiger charge is -2.46. The SMILES string of the molecule is CN1c2ccccc2C(=O)N2CCc3c(n(CCC(=O)NCc4ccc(S(N)(=O)=O)cc4)c4ccccc34)C21. The van der Waals surface area contributed by atoms with Crippen molar-refractivity contribution in [1.29, 1.82) is 0 Å². The fraction of sp³-hybridized carbons (Fsp3) is 0.241. The molecule has 4 aromatic rings. The molecule has 3 heterocycles. The molecule has 2 amide bonds. The molecule has 0 fully saturated rings. The second-order valence-electron chi connectivity index (χ2n) is 10.00. The zero-order valence-corrected chi connectivity index (χ0v) is 22.3. The van der Waals surface area contributed by atoms with Gasteiger partial charge >= 0.3 is 0 Å². The number of nitrogens with zero attached hydrogens (tertiary/aromatic N) is 3. The minimum Gasteiger partial charge on any atom is -0.352 e. The largest absolute Gasteiger partial charge is 0.352 e. The number of aromatic nitrogens is 1. The number of amides is 2. The second-order valence-corrected chi connectivity index (χ2v) is 11.6. The highest BCUT2D eigenvalue weighted by molar-refractivity contribution is 7.89. The van der Waals surface area contributed by atoms with Gasteiger partial charge in [0.1, 0.15) is 6.17 Å². The van der Waals surface area contributed by atoms with Crippen LogP contribution in [0.1, 0.15) is 39.8 Å². The van der Waals surface area contributed by atoms with Crippen LogP contribution in [0.3, 0.4) is 0 Å². The molecule has 1 aromatic heterocycles. The summed E-state index contributed by atoms with van der Waals surface area (Å²) in [4.78, 5) is 30.5. The summed E-state index contributed by atoms with van der Waals surface area (Å²) in [5.41, 5.74) is 5.71. The lowest BCUT2D eigenvalue weighted by atomic mass is 9.96. The van der Waals surface area contributed by atoms with Gasteiger partial charge in [-0.05, 0) is 47.9 Å². The Hall–Kier alpha value is -4.15. The number of hydrogen-bond acceptors (Lipinski definition) is 5. The van der Waals surface area contributed by atoms with Crippen molar-refractivity contribution in [3.63, 3.8) is 0 Å². The lowest BCUT2D eigenvalue weighted by Crippen LogP contribution is -2.51. The van der Waals surface area contributed by atoms with Crippen LogP contribution in [-0.2, 0) is 34.3 Å². The number of anilines is 1. The number of carbonyl (C=O) groups is 2. The molecule has 200 valence electrons. The summed E-state index contributed by atoms with van der Waals surface area (Å²) in [5.74, 6) is -0.0921. The Morgan fingerprint density at radius 1 is 1.03 bits per heavy atom. The van der Waals surface area contributed by atoms with E-state index in [4.69, 9.17) is 5.14 Å². The Labute approximate surface area is 226 Å². The molecule has 0 radical (unpaired) electrons. The third-order valence-electron chi connectivity index (χ3n) is 7.71. The van der Waals surface area contributed by atoms with Crippen LogP contribution >= 0.6 is 0 Å². The summed E-state index contributed by atoms with van der Waals surface area (Å²) < 4.78 is 25.1. The quantitative estimate of drug-likeness (QED) is 0.388. The highest BCUT2D eigenvalue weighted by Gasteiger charge is 2.42. The smallest absolute Gasteiger partial charge is 0.257 e. The fourth-order valence-electron chi connectivity index (χ4n) is 5.85. The lowest BCUT2D eigenvalue weighted by molar-refractivity contribution is -0.121. The summed E-state index contributed by atoms with van der Waals surface area (Å²) in [6.07, 6.45) is 0.743. The number of primary sulfonamides is 1. The fourth-order valence-corrected chi connectivity index (χ4v) is 6.36. The average molecular weight is 544 g/mol. The van der Waals surface area contributed by atoms with E-state index in [0.717, 1.165) is 34.3 Å². The molecule has 10 heteroatoms. The molecule has 0 saturated heterocycles. The van der Waals surface area contributed by atoms with E-state index < -0.39 is 10.0 Å². The molecule has 2 aliphatic heterocycles. The first kappa shape index (κ1) is 25.1. The van der Waals surface area contributed by atoms with Gasteiger partial charge in [0.25, 0.3) is 5.91 Å². The molecule has 0 bridgehead atoms. The predicted octanol–water partition coefficient (Wildman–Crippen LogP) is 3.14. The van der Waals surface area contributed by atoms with Crippen LogP contribution in [0.25, 0.3) is 10.9 Å². The second kappa shape index (κ2) is 9.55. The van der Waals surface area contributed by atoms with Gasteiger partial charge in [-0.25, -0.2) is 13.6 Å². The van der Waals surface area contributed by atoms with Gasteiger partial charge in [0.05, 0.1) is 21.8 Å². The van der Waals surface area contributed by atoms with E-state index in [1.807, 2.05) is 48.3 Å². The number of benzene rings is 3. The van der Waals surface area contributed by atoms with Gasteiger partial charge in [-0.1, -0.05) is 42.5 Å². The molecule has 0 spiro atoms. The Morgan fingerprint density at radius 2 is 1.74 bits per heavy atom. The normalized spacial score (nSPS) is 16.6. The number of nitrogens with two attached hydrogens (primary N) is 1. The van der Waals surface area contributed by atoms with Crippen molar-refractivity contribution in [2.24, 2.45) is 5.14 Å². The molecule has 1 atom stereocenters. The van der Waals surface area contributed by atoms with Crippen molar-refractivity contribution in [3.05, 3.63) is 95.2 Å². The number of fused-ring (bicyclic) bond motifs is 6. The average Bonchev–Trinajstić information content (AvgIpc) is 3.26. The molecular formula is C29H29N5O4S. The van der Waals surface area contributed by atoms with Crippen molar-refractivity contribution in [2.75, 3.05) is 18.5 Å². The zero-order chi connectivity index (χ0) is 27.3. The van der Waals surface area contributed by atoms with E-state index in [1.54, 1.807) is 12.1 Å². The summed E-state index contributed by atoms with van der Waals surface area (Å²) in [6.45, 7) is 1.37. The Morgan fingerprint density at radius 3 is 2.51 bits per heavy atom. The molecule has 9 nitrogen and oxygen atoms in total. The summed E-state index contributed by atoms with van der Waals surface area (Å²) >= 11 is 0. The number of sulfonamides is 1. The van der Waals surface area contributed by atoms with Gasteiger partial charge in [-0.15, -0.1) is 0 Å². The monoisotopic (exact) mass is 543 g/mol.